The van der Waals surface area contributed by atoms with Crippen molar-refractivity contribution in [1.29, 1.82) is 0 Å². The molecule has 1 saturated heterocycles. The van der Waals surface area contributed by atoms with Gasteiger partial charge in [-0.05, 0) is 6.42 Å². The molecule has 3 N–H and O–H groups in total. The maximum atomic E-state index is 5.76. The van der Waals surface area contributed by atoms with Crippen molar-refractivity contribution in [1.82, 2.24) is 10.2 Å². The van der Waals surface area contributed by atoms with Crippen LogP contribution >= 0.6 is 24.0 Å². The van der Waals surface area contributed by atoms with Crippen LogP contribution in [0.1, 0.15) is 6.42 Å². The Morgan fingerprint density at radius 3 is 2.76 bits per heavy atom. The average molecular weight is 416 g/mol. The summed E-state index contributed by atoms with van der Waals surface area (Å²) in [6, 6.07) is 0. The zero-order chi connectivity index (χ0) is 14.5. The molecule has 0 saturated carbocycles. The van der Waals surface area contributed by atoms with Gasteiger partial charge in [0.15, 0.2) is 5.96 Å². The van der Waals surface area contributed by atoms with Gasteiger partial charge in [-0.15, -0.1) is 24.0 Å². The standard InChI is InChI=1S/C13H28N4O3.HI/c1-18-11-12-19-8-4-16-13(14)15-3-2-5-17-6-9-20-10-7-17;/h2-12H2,1H3,(H3,14,15,16);1H. The van der Waals surface area contributed by atoms with E-state index in [0.717, 1.165) is 45.8 Å². The minimum absolute atomic E-state index is 0. The number of halogens is 1. The summed E-state index contributed by atoms with van der Waals surface area (Å²) in [7, 11) is 1.66. The lowest BCUT2D eigenvalue weighted by Crippen LogP contribution is -2.37. The van der Waals surface area contributed by atoms with Gasteiger partial charge in [0, 0.05) is 39.8 Å². The predicted molar refractivity (Wildman–Crippen MR) is 94.5 cm³/mol. The number of hydrogen-bond donors (Lipinski definition) is 2. The maximum Gasteiger partial charge on any atom is 0.188 e. The zero-order valence-electron chi connectivity index (χ0n) is 12.9. The topological polar surface area (TPSA) is 81.3 Å². The van der Waals surface area contributed by atoms with Crippen LogP contribution in [0.5, 0.6) is 0 Å². The van der Waals surface area contributed by atoms with Gasteiger partial charge < -0.3 is 25.3 Å². The smallest absolute Gasteiger partial charge is 0.188 e. The van der Waals surface area contributed by atoms with Gasteiger partial charge in [0.1, 0.15) is 0 Å². The van der Waals surface area contributed by atoms with Gasteiger partial charge in [0.2, 0.25) is 0 Å². The van der Waals surface area contributed by atoms with Gasteiger partial charge in [-0.25, -0.2) is 0 Å². The lowest BCUT2D eigenvalue weighted by molar-refractivity contribution is 0.0377. The number of ether oxygens (including phenoxy) is 3. The molecule has 0 radical (unpaired) electrons. The van der Waals surface area contributed by atoms with Crippen LogP contribution in [0.3, 0.4) is 0 Å². The number of hydrogen-bond acceptors (Lipinski definition) is 5. The summed E-state index contributed by atoms with van der Waals surface area (Å²) >= 11 is 0. The summed E-state index contributed by atoms with van der Waals surface area (Å²) in [5.41, 5.74) is 5.76. The number of morpholine rings is 1. The van der Waals surface area contributed by atoms with Crippen molar-refractivity contribution in [2.75, 3.05) is 72.9 Å². The Balaban J connectivity index is 0.00000400. The minimum atomic E-state index is 0. The molecule has 1 aliphatic heterocycles. The van der Waals surface area contributed by atoms with Crippen LogP contribution in [0.15, 0.2) is 4.99 Å². The van der Waals surface area contributed by atoms with Crippen molar-refractivity contribution in [3.05, 3.63) is 0 Å². The lowest BCUT2D eigenvalue weighted by atomic mass is 10.3. The summed E-state index contributed by atoms with van der Waals surface area (Å²) in [5, 5.41) is 3.03. The molecule has 126 valence electrons. The van der Waals surface area contributed by atoms with E-state index in [2.05, 4.69) is 15.2 Å². The average Bonchev–Trinajstić information content (AvgIpc) is 2.48. The normalized spacial score (nSPS) is 16.5. The maximum absolute atomic E-state index is 5.76. The van der Waals surface area contributed by atoms with Crippen molar-refractivity contribution in [3.8, 4) is 0 Å². The predicted octanol–water partition coefficient (Wildman–Crippen LogP) is -0.106. The summed E-state index contributed by atoms with van der Waals surface area (Å²) in [5.74, 6) is 0.488. The summed E-state index contributed by atoms with van der Waals surface area (Å²) in [6.45, 7) is 8.04. The van der Waals surface area contributed by atoms with Crippen LogP contribution < -0.4 is 11.1 Å². The van der Waals surface area contributed by atoms with E-state index in [1.54, 1.807) is 7.11 Å². The molecule has 7 nitrogen and oxygen atoms in total. The van der Waals surface area contributed by atoms with Crippen LogP contribution in [0.2, 0.25) is 0 Å². The molecular weight excluding hydrogens is 387 g/mol. The molecule has 0 atom stereocenters. The molecule has 0 aromatic carbocycles. The summed E-state index contributed by atoms with van der Waals surface area (Å²) in [4.78, 5) is 6.68. The van der Waals surface area contributed by atoms with E-state index < -0.39 is 0 Å². The van der Waals surface area contributed by atoms with Crippen molar-refractivity contribution in [3.63, 3.8) is 0 Å². The van der Waals surface area contributed by atoms with Crippen molar-refractivity contribution >= 4 is 29.9 Å². The minimum Gasteiger partial charge on any atom is -0.382 e. The molecule has 0 amide bonds. The number of nitrogens with one attached hydrogen (secondary N) is 1. The highest BCUT2D eigenvalue weighted by atomic mass is 127. The van der Waals surface area contributed by atoms with Gasteiger partial charge in [-0.2, -0.15) is 0 Å². The number of methoxy groups -OCH3 is 1. The van der Waals surface area contributed by atoms with E-state index >= 15 is 0 Å². The van der Waals surface area contributed by atoms with Gasteiger partial charge >= 0.3 is 0 Å². The molecule has 0 aliphatic carbocycles. The summed E-state index contributed by atoms with van der Waals surface area (Å²) in [6.07, 6.45) is 1.02. The van der Waals surface area contributed by atoms with E-state index in [0.29, 0.717) is 32.3 Å². The molecule has 0 unspecified atom stereocenters. The van der Waals surface area contributed by atoms with Gasteiger partial charge in [0.05, 0.1) is 33.0 Å². The molecule has 0 bridgehead atoms. The molecule has 0 spiro atoms. The third kappa shape index (κ3) is 12.1. The second-order valence-corrected chi connectivity index (χ2v) is 4.61. The molecule has 1 fully saturated rings. The van der Waals surface area contributed by atoms with E-state index in [1.165, 1.54) is 0 Å². The molecule has 1 rings (SSSR count). The largest absolute Gasteiger partial charge is 0.382 e. The van der Waals surface area contributed by atoms with Crippen molar-refractivity contribution in [2.24, 2.45) is 10.7 Å². The first-order valence-corrected chi connectivity index (χ1v) is 7.23. The van der Waals surface area contributed by atoms with E-state index in [-0.39, 0.29) is 24.0 Å². The molecule has 8 heteroatoms. The van der Waals surface area contributed by atoms with Gasteiger partial charge in [0.25, 0.3) is 0 Å². The number of rotatable bonds is 10. The van der Waals surface area contributed by atoms with Crippen LogP contribution in [0.25, 0.3) is 0 Å². The molecule has 0 aromatic rings. The molecular formula is C13H29IN4O3. The SMILES string of the molecule is COCCOCCNC(N)=NCCCN1CCOCC1.I. The van der Waals surface area contributed by atoms with E-state index in [9.17, 15) is 0 Å². The Morgan fingerprint density at radius 2 is 2.05 bits per heavy atom. The third-order valence-corrected chi connectivity index (χ3v) is 3.00. The fourth-order valence-electron chi connectivity index (χ4n) is 1.87. The first kappa shape index (κ1) is 20.8. The van der Waals surface area contributed by atoms with Crippen molar-refractivity contribution < 1.29 is 14.2 Å². The number of nitrogens with two attached hydrogens (primary N) is 1. The molecule has 21 heavy (non-hydrogen) atoms. The number of nitrogens with zero attached hydrogens (tertiary/aromatic N) is 2. The number of aliphatic imine (C=N–C) groups is 1. The van der Waals surface area contributed by atoms with E-state index in [1.807, 2.05) is 0 Å². The fraction of sp³-hybridized carbons (Fsp3) is 0.923. The molecule has 1 heterocycles. The van der Waals surface area contributed by atoms with Crippen LogP contribution in [0.4, 0.5) is 0 Å². The van der Waals surface area contributed by atoms with Crippen LogP contribution in [-0.2, 0) is 14.2 Å². The highest BCUT2D eigenvalue weighted by molar-refractivity contribution is 14.0. The Labute approximate surface area is 144 Å². The highest BCUT2D eigenvalue weighted by Crippen LogP contribution is 1.97. The van der Waals surface area contributed by atoms with Crippen LogP contribution in [0, 0.1) is 0 Å². The zero-order valence-corrected chi connectivity index (χ0v) is 15.2. The van der Waals surface area contributed by atoms with Gasteiger partial charge in [-0.1, -0.05) is 0 Å². The Bertz CT molecular complexity index is 264. The van der Waals surface area contributed by atoms with Gasteiger partial charge in [-0.3, -0.25) is 9.89 Å². The Kier molecular flexibility index (Phi) is 14.7. The lowest BCUT2D eigenvalue weighted by Gasteiger charge is -2.26. The van der Waals surface area contributed by atoms with Crippen LogP contribution in [-0.4, -0.2) is 83.7 Å². The van der Waals surface area contributed by atoms with Crippen molar-refractivity contribution in [2.45, 2.75) is 6.42 Å². The third-order valence-electron chi connectivity index (χ3n) is 3.00. The first-order valence-electron chi connectivity index (χ1n) is 7.23. The molecule has 0 aromatic heterocycles. The summed E-state index contributed by atoms with van der Waals surface area (Å²) < 4.78 is 15.5. The quantitative estimate of drug-likeness (QED) is 0.224. The van der Waals surface area contributed by atoms with E-state index in [4.69, 9.17) is 19.9 Å². The highest BCUT2D eigenvalue weighted by Gasteiger charge is 2.08. The monoisotopic (exact) mass is 416 g/mol. The fourth-order valence-corrected chi connectivity index (χ4v) is 1.87. The Hall–Kier alpha value is -0.160. The second-order valence-electron chi connectivity index (χ2n) is 4.61. The first-order chi connectivity index (χ1) is 9.83. The molecule has 1 aliphatic rings. The number of guanidine groups is 1. The second kappa shape index (κ2) is 14.8. The Morgan fingerprint density at radius 1 is 1.29 bits per heavy atom.